The van der Waals surface area contributed by atoms with Gasteiger partial charge in [-0.3, -0.25) is 0 Å². The Morgan fingerprint density at radius 1 is 1.24 bits per heavy atom. The normalized spacial score (nSPS) is 17.6. The van der Waals surface area contributed by atoms with Crippen molar-refractivity contribution in [1.29, 1.82) is 0 Å². The van der Waals surface area contributed by atoms with Gasteiger partial charge in [-0.15, -0.1) is 5.10 Å². The quantitative estimate of drug-likeness (QED) is 0.709. The van der Waals surface area contributed by atoms with Crippen molar-refractivity contribution < 1.29 is 13.2 Å². The molecule has 7 nitrogen and oxygen atoms in total. The van der Waals surface area contributed by atoms with E-state index in [4.69, 9.17) is 4.42 Å². The van der Waals surface area contributed by atoms with Crippen molar-refractivity contribution >= 4 is 17.0 Å². The van der Waals surface area contributed by atoms with Gasteiger partial charge in [-0.25, -0.2) is 18.7 Å². The maximum Gasteiger partial charge on any atom is 0.266 e. The molecule has 1 fully saturated rings. The number of furan rings is 1. The first kappa shape index (κ1) is 15.9. The van der Waals surface area contributed by atoms with E-state index < -0.39 is 5.92 Å². The third-order valence-corrected chi connectivity index (χ3v) is 4.17. The Kier molecular flexibility index (Phi) is 3.32. The predicted octanol–water partition coefficient (Wildman–Crippen LogP) is 2.95. The van der Waals surface area contributed by atoms with Gasteiger partial charge in [0.25, 0.3) is 5.92 Å². The molecular weight excluding hydrogens is 330 g/mol. The number of alkyl halides is 2. The number of hydrogen-bond donors (Lipinski definition) is 0. The van der Waals surface area contributed by atoms with E-state index in [1.54, 1.807) is 11.0 Å². The highest BCUT2D eigenvalue weighted by molar-refractivity contribution is 5.84. The second-order valence-corrected chi connectivity index (χ2v) is 7.30. The van der Waals surface area contributed by atoms with E-state index in [0.29, 0.717) is 28.5 Å². The highest BCUT2D eigenvalue weighted by Crippen LogP contribution is 2.34. The first-order chi connectivity index (χ1) is 11.7. The number of rotatable bonds is 2. The van der Waals surface area contributed by atoms with Crippen LogP contribution >= 0.6 is 0 Å². The maximum atomic E-state index is 13.7. The second-order valence-electron chi connectivity index (χ2n) is 7.30. The summed E-state index contributed by atoms with van der Waals surface area (Å²) < 4.78 is 34.0. The van der Waals surface area contributed by atoms with Crippen LogP contribution in [0.15, 0.2) is 23.0 Å². The molecule has 1 aliphatic heterocycles. The van der Waals surface area contributed by atoms with Crippen molar-refractivity contribution in [2.75, 3.05) is 18.0 Å². The van der Waals surface area contributed by atoms with Crippen LogP contribution in [0.3, 0.4) is 0 Å². The lowest BCUT2D eigenvalue weighted by Gasteiger charge is -2.22. The summed E-state index contributed by atoms with van der Waals surface area (Å²) in [5.41, 5.74) is 1.20. The molecule has 0 bridgehead atoms. The molecule has 0 spiro atoms. The Hall–Kier alpha value is -2.58. The highest BCUT2D eigenvalue weighted by atomic mass is 19.3. The fourth-order valence-electron chi connectivity index (χ4n) is 2.82. The Bertz CT molecular complexity index is 913. The fraction of sp³-hybridized carbons (Fsp3) is 0.500. The van der Waals surface area contributed by atoms with E-state index in [2.05, 4.69) is 20.3 Å². The predicted molar refractivity (Wildman–Crippen MR) is 87.2 cm³/mol. The van der Waals surface area contributed by atoms with Crippen LogP contribution in [0.5, 0.6) is 0 Å². The molecule has 4 heterocycles. The molecule has 3 aromatic rings. The molecule has 0 aliphatic carbocycles. The van der Waals surface area contributed by atoms with Crippen molar-refractivity contribution in [1.82, 2.24) is 25.0 Å². The zero-order valence-electron chi connectivity index (χ0n) is 14.2. The average Bonchev–Trinajstić information content (AvgIpc) is 3.23. The van der Waals surface area contributed by atoms with Crippen LogP contribution < -0.4 is 4.90 Å². The number of anilines is 1. The standard InChI is InChI=1S/C16H18F2N6O/c1-15(2,3)14-19-12(23-6-5-16(17,18)9-23)11-13(20-14)24(22-21-11)10-4-7-25-8-10/h4,7-8H,5-6,9H2,1-3H3. The highest BCUT2D eigenvalue weighted by Gasteiger charge is 2.40. The van der Waals surface area contributed by atoms with Crippen molar-refractivity contribution in [3.63, 3.8) is 0 Å². The van der Waals surface area contributed by atoms with Gasteiger partial charge in [0.05, 0.1) is 12.8 Å². The molecule has 1 saturated heterocycles. The molecule has 4 rings (SSSR count). The molecule has 0 saturated carbocycles. The average molecular weight is 348 g/mol. The van der Waals surface area contributed by atoms with Crippen LogP contribution in [0.4, 0.5) is 14.6 Å². The summed E-state index contributed by atoms with van der Waals surface area (Å²) >= 11 is 0. The van der Waals surface area contributed by atoms with Crippen LogP contribution in [-0.4, -0.2) is 44.0 Å². The molecule has 0 atom stereocenters. The van der Waals surface area contributed by atoms with Gasteiger partial charge < -0.3 is 9.32 Å². The number of halogens is 2. The molecule has 132 valence electrons. The zero-order valence-corrected chi connectivity index (χ0v) is 14.2. The van der Waals surface area contributed by atoms with Gasteiger partial charge in [0.1, 0.15) is 17.8 Å². The van der Waals surface area contributed by atoms with Gasteiger partial charge in [0, 0.05) is 24.4 Å². The van der Waals surface area contributed by atoms with Gasteiger partial charge in [0.2, 0.25) is 0 Å². The van der Waals surface area contributed by atoms with Gasteiger partial charge in [-0.2, -0.15) is 4.68 Å². The van der Waals surface area contributed by atoms with E-state index in [0.717, 1.165) is 0 Å². The lowest BCUT2D eigenvalue weighted by molar-refractivity contribution is 0.0257. The number of fused-ring (bicyclic) bond motifs is 1. The maximum absolute atomic E-state index is 13.7. The Balaban J connectivity index is 1.92. The van der Waals surface area contributed by atoms with Crippen molar-refractivity contribution in [3.05, 3.63) is 24.4 Å². The minimum atomic E-state index is -2.72. The summed E-state index contributed by atoms with van der Waals surface area (Å²) in [6.07, 6.45) is 2.85. The molecule has 9 heteroatoms. The van der Waals surface area contributed by atoms with Gasteiger partial charge in [-0.05, 0) is 0 Å². The van der Waals surface area contributed by atoms with Gasteiger partial charge in [0.15, 0.2) is 17.0 Å². The number of nitrogens with zero attached hydrogens (tertiary/aromatic N) is 6. The smallest absolute Gasteiger partial charge is 0.266 e. The summed E-state index contributed by atoms with van der Waals surface area (Å²) in [5.74, 6) is -1.76. The van der Waals surface area contributed by atoms with E-state index in [1.807, 2.05) is 20.8 Å². The number of aromatic nitrogens is 5. The molecule has 0 unspecified atom stereocenters. The third kappa shape index (κ3) is 2.73. The molecule has 1 aliphatic rings. The van der Waals surface area contributed by atoms with E-state index in [1.165, 1.54) is 17.2 Å². The molecule has 0 aromatic carbocycles. The molecule has 0 N–H and O–H groups in total. The summed E-state index contributed by atoms with van der Waals surface area (Å²) in [7, 11) is 0. The fourth-order valence-corrected chi connectivity index (χ4v) is 2.82. The first-order valence-corrected chi connectivity index (χ1v) is 8.04. The summed E-state index contributed by atoms with van der Waals surface area (Å²) in [6, 6.07) is 1.73. The van der Waals surface area contributed by atoms with E-state index in [-0.39, 0.29) is 24.9 Å². The Labute approximate surface area is 142 Å². The lowest BCUT2D eigenvalue weighted by atomic mass is 9.96. The first-order valence-electron chi connectivity index (χ1n) is 8.04. The second kappa shape index (κ2) is 5.21. The lowest BCUT2D eigenvalue weighted by Crippen LogP contribution is -2.27. The van der Waals surface area contributed by atoms with Crippen molar-refractivity contribution in [2.45, 2.75) is 38.5 Å². The number of hydrogen-bond acceptors (Lipinski definition) is 6. The molecular formula is C16H18F2N6O. The molecule has 0 amide bonds. The van der Waals surface area contributed by atoms with Crippen molar-refractivity contribution in [2.24, 2.45) is 0 Å². The topological polar surface area (TPSA) is 72.9 Å². The minimum absolute atomic E-state index is 0.195. The zero-order chi connectivity index (χ0) is 17.8. The molecule has 3 aromatic heterocycles. The van der Waals surface area contributed by atoms with Crippen LogP contribution in [0.1, 0.15) is 33.0 Å². The summed E-state index contributed by atoms with van der Waals surface area (Å²) in [6.45, 7) is 5.77. The summed E-state index contributed by atoms with van der Waals surface area (Å²) in [5, 5.41) is 8.27. The van der Waals surface area contributed by atoms with E-state index >= 15 is 0 Å². The van der Waals surface area contributed by atoms with Crippen LogP contribution in [0, 0.1) is 0 Å². The monoisotopic (exact) mass is 348 g/mol. The third-order valence-electron chi connectivity index (χ3n) is 4.17. The SMILES string of the molecule is CC(C)(C)c1nc(N2CCC(F)(F)C2)c2nnn(-c3ccoc3)c2n1. The largest absolute Gasteiger partial charge is 0.470 e. The molecule has 25 heavy (non-hydrogen) atoms. The molecule has 0 radical (unpaired) electrons. The van der Waals surface area contributed by atoms with Crippen molar-refractivity contribution in [3.8, 4) is 5.69 Å². The van der Waals surface area contributed by atoms with E-state index in [9.17, 15) is 8.78 Å². The van der Waals surface area contributed by atoms with Gasteiger partial charge in [-0.1, -0.05) is 26.0 Å². The van der Waals surface area contributed by atoms with Gasteiger partial charge >= 0.3 is 0 Å². The Morgan fingerprint density at radius 2 is 2.04 bits per heavy atom. The Morgan fingerprint density at radius 3 is 2.64 bits per heavy atom. The van der Waals surface area contributed by atoms with Crippen LogP contribution in [0.25, 0.3) is 16.9 Å². The van der Waals surface area contributed by atoms with Crippen LogP contribution in [0.2, 0.25) is 0 Å². The summed E-state index contributed by atoms with van der Waals surface area (Å²) in [4.78, 5) is 10.7. The minimum Gasteiger partial charge on any atom is -0.470 e. The van der Waals surface area contributed by atoms with Crippen LogP contribution in [-0.2, 0) is 5.41 Å².